The van der Waals surface area contributed by atoms with E-state index in [1.165, 1.54) is 11.8 Å². The van der Waals surface area contributed by atoms with Crippen LogP contribution >= 0.6 is 11.6 Å². The number of hydrogen-bond donors (Lipinski definition) is 4. The number of nitrogens with zero attached hydrogens (tertiary/aromatic N) is 5. The highest BCUT2D eigenvalue weighted by molar-refractivity contribution is 7.92. The molecule has 16 heteroatoms. The summed E-state index contributed by atoms with van der Waals surface area (Å²) in [6, 6.07) is 21.8. The lowest BCUT2D eigenvalue weighted by molar-refractivity contribution is -0.134. The maximum atomic E-state index is 12.2. The highest BCUT2D eigenvalue weighted by Gasteiger charge is 2.29. The molecule has 3 aliphatic heterocycles. The number of piperazine rings is 1. The fourth-order valence-electron chi connectivity index (χ4n) is 7.68. The minimum absolute atomic E-state index is 0.183. The van der Waals surface area contributed by atoms with Gasteiger partial charge >= 0.3 is 0 Å². The van der Waals surface area contributed by atoms with Crippen LogP contribution in [0.25, 0.3) is 0 Å². The van der Waals surface area contributed by atoms with E-state index >= 15 is 0 Å². The van der Waals surface area contributed by atoms with Gasteiger partial charge in [0, 0.05) is 70.0 Å². The van der Waals surface area contributed by atoms with E-state index in [2.05, 4.69) is 63.5 Å². The van der Waals surface area contributed by atoms with Gasteiger partial charge < -0.3 is 25.2 Å². The zero-order valence-corrected chi connectivity index (χ0v) is 33.2. The number of hydrogen-bond acceptors (Lipinski definition) is 12. The molecule has 3 saturated heterocycles. The number of imide groups is 1. The first-order valence-corrected chi connectivity index (χ1v) is 21.2. The molecule has 4 N–H and O–H groups in total. The molecule has 14 nitrogen and oxygen atoms in total. The lowest BCUT2D eigenvalue weighted by atomic mass is 9.90. The number of halogens is 1. The monoisotopic (exact) mass is 801 g/mol. The quantitative estimate of drug-likeness (QED) is 0.129. The second kappa shape index (κ2) is 17.5. The zero-order chi connectivity index (χ0) is 39.2. The second-order valence-corrected chi connectivity index (χ2v) is 16.7. The van der Waals surface area contributed by atoms with Gasteiger partial charge in [0.1, 0.15) is 10.8 Å². The van der Waals surface area contributed by atoms with Crippen LogP contribution in [0.1, 0.15) is 42.7 Å². The SMILES string of the molecule is COc1cc(N2CCC(N3CCN(CCc4ccc(C5CCC(=O)NC5=O)cc4)CC3)CC2)ccc1Nc1ncc(Cl)c(Nc2ccccc2NS(C)(=O)=O)n1. The number of ether oxygens (including phenoxy) is 1. The predicted molar refractivity (Wildman–Crippen MR) is 220 cm³/mol. The number of anilines is 6. The van der Waals surface area contributed by atoms with E-state index in [9.17, 15) is 18.0 Å². The highest BCUT2D eigenvalue weighted by Crippen LogP contribution is 2.35. The van der Waals surface area contributed by atoms with Gasteiger partial charge in [0.2, 0.25) is 27.8 Å². The summed E-state index contributed by atoms with van der Waals surface area (Å²) in [5.74, 6) is 0.639. The average molecular weight is 802 g/mol. The van der Waals surface area contributed by atoms with Crippen molar-refractivity contribution in [3.63, 3.8) is 0 Å². The van der Waals surface area contributed by atoms with Crippen molar-refractivity contribution in [2.24, 2.45) is 0 Å². The fraction of sp³-hybridized carbons (Fsp3) is 0.400. The van der Waals surface area contributed by atoms with E-state index < -0.39 is 10.0 Å². The van der Waals surface area contributed by atoms with Crippen LogP contribution in [0.4, 0.5) is 34.5 Å². The first-order chi connectivity index (χ1) is 27.0. The van der Waals surface area contributed by atoms with E-state index in [0.717, 1.165) is 82.6 Å². The van der Waals surface area contributed by atoms with Crippen LogP contribution in [0.15, 0.2) is 72.9 Å². The Morgan fingerprint density at radius 1 is 0.893 bits per heavy atom. The minimum atomic E-state index is -3.50. The third-order valence-corrected chi connectivity index (χ3v) is 11.6. The molecule has 0 aliphatic carbocycles. The Kier molecular flexibility index (Phi) is 12.2. The second-order valence-electron chi connectivity index (χ2n) is 14.5. The van der Waals surface area contributed by atoms with Gasteiger partial charge in [-0.15, -0.1) is 0 Å². The Morgan fingerprint density at radius 3 is 2.32 bits per heavy atom. The van der Waals surface area contributed by atoms with Crippen molar-refractivity contribution in [3.05, 3.63) is 89.1 Å². The van der Waals surface area contributed by atoms with Crippen molar-refractivity contribution in [2.75, 3.05) is 79.4 Å². The molecule has 1 atom stereocenters. The first-order valence-electron chi connectivity index (χ1n) is 19.0. The third-order valence-electron chi connectivity index (χ3n) is 10.7. The molecule has 0 radical (unpaired) electrons. The summed E-state index contributed by atoms with van der Waals surface area (Å²) in [6.07, 6.45) is 6.70. The Morgan fingerprint density at radius 2 is 1.62 bits per heavy atom. The van der Waals surface area contributed by atoms with Crippen molar-refractivity contribution < 1.29 is 22.7 Å². The maximum Gasteiger partial charge on any atom is 0.234 e. The summed E-state index contributed by atoms with van der Waals surface area (Å²) in [6.45, 7) is 7.19. The molecule has 3 aliphatic rings. The molecule has 3 aromatic carbocycles. The Labute approximate surface area is 333 Å². The molecule has 4 heterocycles. The van der Waals surface area contributed by atoms with Crippen LogP contribution in [0.3, 0.4) is 0 Å². The number of sulfonamides is 1. The van der Waals surface area contributed by atoms with Crippen molar-refractivity contribution in [2.45, 2.75) is 44.1 Å². The van der Waals surface area contributed by atoms with E-state index in [4.69, 9.17) is 16.3 Å². The van der Waals surface area contributed by atoms with E-state index in [-0.39, 0.29) is 28.7 Å². The molecule has 1 aromatic heterocycles. The van der Waals surface area contributed by atoms with Crippen LogP contribution in [0.2, 0.25) is 5.02 Å². The molecule has 3 fully saturated rings. The topological polar surface area (TPSA) is 161 Å². The highest BCUT2D eigenvalue weighted by atomic mass is 35.5. The van der Waals surface area contributed by atoms with Crippen molar-refractivity contribution in [3.8, 4) is 5.75 Å². The van der Waals surface area contributed by atoms with Gasteiger partial charge in [0.25, 0.3) is 0 Å². The molecule has 7 rings (SSSR count). The Hall–Kier alpha value is -4.96. The molecule has 0 bridgehead atoms. The number of aromatic nitrogens is 2. The molecule has 0 saturated carbocycles. The van der Waals surface area contributed by atoms with E-state index in [1.54, 1.807) is 31.4 Å². The summed E-state index contributed by atoms with van der Waals surface area (Å²) in [7, 11) is -1.86. The average Bonchev–Trinajstić information content (AvgIpc) is 3.19. The molecular weight excluding hydrogens is 754 g/mol. The molecule has 1 unspecified atom stereocenters. The summed E-state index contributed by atoms with van der Waals surface area (Å²) >= 11 is 6.42. The molecule has 56 heavy (non-hydrogen) atoms. The zero-order valence-electron chi connectivity index (χ0n) is 31.6. The molecule has 0 spiro atoms. The van der Waals surface area contributed by atoms with Crippen LogP contribution in [0.5, 0.6) is 5.75 Å². The molecule has 4 aromatic rings. The largest absolute Gasteiger partial charge is 0.494 e. The molecule has 2 amide bonds. The van der Waals surface area contributed by atoms with E-state index in [0.29, 0.717) is 47.5 Å². The van der Waals surface area contributed by atoms with Gasteiger partial charge in [0.05, 0.1) is 42.5 Å². The van der Waals surface area contributed by atoms with E-state index in [1.807, 2.05) is 24.3 Å². The van der Waals surface area contributed by atoms with Gasteiger partial charge in [-0.05, 0) is 61.1 Å². The lowest BCUT2D eigenvalue weighted by Crippen LogP contribution is -2.53. The van der Waals surface area contributed by atoms with Crippen LogP contribution in [-0.4, -0.2) is 105 Å². The first kappa shape index (κ1) is 39.3. The number of para-hydroxylation sites is 2. The fourth-order valence-corrected chi connectivity index (χ4v) is 8.40. The number of carbonyl (C=O) groups is 2. The standard InChI is InChI=1S/C40H48ClN9O5S/c1-55-36-25-30(11-13-35(36)44-40-42-26-32(41)38(46-40)43-33-5-3-4-6-34(33)47-56(2,53)54)49-19-16-29(17-20-49)50-23-21-48(22-24-50)18-15-27-7-9-28(10-8-27)31-12-14-37(51)45-39(31)52/h3-11,13,25-26,29,31,47H,12,14-24H2,1-2H3,(H,45,51,52)(H2,42,43,44,46). The Bertz CT molecular complexity index is 2140. The van der Waals surface area contributed by atoms with Crippen LogP contribution < -0.4 is 30.3 Å². The van der Waals surface area contributed by atoms with Crippen molar-refractivity contribution >= 4 is 68.0 Å². The number of methoxy groups -OCH3 is 1. The van der Waals surface area contributed by atoms with Gasteiger partial charge in [-0.2, -0.15) is 4.98 Å². The maximum absolute atomic E-state index is 12.2. The van der Waals surface area contributed by atoms with Crippen molar-refractivity contribution in [1.29, 1.82) is 0 Å². The normalized spacial score (nSPS) is 18.7. The van der Waals surface area contributed by atoms with Crippen LogP contribution in [0, 0.1) is 0 Å². The predicted octanol–water partition coefficient (Wildman–Crippen LogP) is 5.35. The number of nitrogens with one attached hydrogen (secondary N) is 4. The van der Waals surface area contributed by atoms with Gasteiger partial charge in [-0.25, -0.2) is 13.4 Å². The number of rotatable bonds is 13. The molecular formula is C40H48ClN9O5S. The minimum Gasteiger partial charge on any atom is -0.494 e. The number of piperidine rings is 2. The number of benzene rings is 3. The Balaban J connectivity index is 0.881. The smallest absolute Gasteiger partial charge is 0.234 e. The lowest BCUT2D eigenvalue weighted by Gasteiger charge is -2.43. The number of amides is 2. The van der Waals surface area contributed by atoms with Gasteiger partial charge in [0.15, 0.2) is 5.82 Å². The van der Waals surface area contributed by atoms with Gasteiger partial charge in [-0.1, -0.05) is 48.0 Å². The summed E-state index contributed by atoms with van der Waals surface area (Å²) in [5.41, 5.74) is 4.88. The van der Waals surface area contributed by atoms with Crippen molar-refractivity contribution in [1.82, 2.24) is 25.1 Å². The summed E-state index contributed by atoms with van der Waals surface area (Å²) in [4.78, 5) is 40.3. The number of carbonyl (C=O) groups excluding carboxylic acids is 2. The van der Waals surface area contributed by atoms with Crippen LogP contribution in [-0.2, 0) is 26.0 Å². The third kappa shape index (κ3) is 9.88. The summed E-state index contributed by atoms with van der Waals surface area (Å²) < 4.78 is 32.0. The summed E-state index contributed by atoms with van der Waals surface area (Å²) in [5, 5.41) is 9.08. The van der Waals surface area contributed by atoms with Gasteiger partial charge in [-0.3, -0.25) is 24.5 Å². The molecule has 296 valence electrons.